The Morgan fingerprint density at radius 3 is 0.864 bits per heavy atom. The molecule has 0 heterocycles. The lowest BCUT2D eigenvalue weighted by Gasteiger charge is -2.18. The first-order chi connectivity index (χ1) is 32.3. The highest BCUT2D eigenvalue weighted by Gasteiger charge is 2.19. The van der Waals surface area contributed by atoms with E-state index in [1.54, 1.807) is 0 Å². The molecule has 0 amide bonds. The second kappa shape index (κ2) is 52.8. The second-order valence-corrected chi connectivity index (χ2v) is 21.4. The van der Waals surface area contributed by atoms with Crippen molar-refractivity contribution in [3.05, 3.63) is 0 Å². The Bertz CT molecular complexity index is 1010. The summed E-state index contributed by atoms with van der Waals surface area (Å²) in [6.07, 6.45) is 56.8. The summed E-state index contributed by atoms with van der Waals surface area (Å²) in [5.74, 6) is 0.827. The summed E-state index contributed by atoms with van der Waals surface area (Å²) in [5, 5.41) is 0. The molecule has 2 atom stereocenters. The van der Waals surface area contributed by atoms with Gasteiger partial charge in [-0.2, -0.15) is 0 Å². The molecule has 1 unspecified atom stereocenters. The van der Waals surface area contributed by atoms with Gasteiger partial charge in [0.25, 0.3) is 0 Å². The molecule has 6 heteroatoms. The summed E-state index contributed by atoms with van der Waals surface area (Å²) in [7, 11) is 0. The molecule has 0 aliphatic rings. The van der Waals surface area contributed by atoms with E-state index in [1.165, 1.54) is 225 Å². The van der Waals surface area contributed by atoms with Gasteiger partial charge in [0, 0.05) is 19.3 Å². The van der Waals surface area contributed by atoms with E-state index in [1.807, 2.05) is 0 Å². The van der Waals surface area contributed by atoms with E-state index in [2.05, 4.69) is 34.6 Å². The fourth-order valence-corrected chi connectivity index (χ4v) is 9.20. The smallest absolute Gasteiger partial charge is 0.306 e. The molecular weight excluding hydrogens is 817 g/mol. The van der Waals surface area contributed by atoms with Crippen molar-refractivity contribution in [2.45, 2.75) is 343 Å². The Morgan fingerprint density at radius 2 is 0.576 bits per heavy atom. The maximum Gasteiger partial charge on any atom is 0.306 e. The molecule has 392 valence electrons. The van der Waals surface area contributed by atoms with Crippen LogP contribution in [0.3, 0.4) is 0 Å². The summed E-state index contributed by atoms with van der Waals surface area (Å²) in [6, 6.07) is 0. The third-order valence-corrected chi connectivity index (χ3v) is 14.1. The molecule has 0 aliphatic carbocycles. The molecule has 6 nitrogen and oxygen atoms in total. The summed E-state index contributed by atoms with van der Waals surface area (Å²) < 4.78 is 16.9. The van der Waals surface area contributed by atoms with Crippen molar-refractivity contribution < 1.29 is 28.6 Å². The van der Waals surface area contributed by atoms with E-state index < -0.39 is 6.10 Å². The van der Waals surface area contributed by atoms with Gasteiger partial charge in [-0.3, -0.25) is 14.4 Å². The molecule has 0 saturated heterocycles. The van der Waals surface area contributed by atoms with Crippen molar-refractivity contribution in [1.82, 2.24) is 0 Å². The standard InChI is InChI=1S/C60H116O6/c1-6-8-9-10-11-12-13-14-15-18-22-25-28-31-34-40-45-50-58(61)64-53-57(66-60(63)52-47-42-37-36-39-44-49-56(5)7-2)54-65-59(62)51-46-41-35-32-29-26-23-20-17-16-19-21-24-27-30-33-38-43-48-55(3)4/h55-57H,6-54H2,1-5H3/t56?,57-/m0/s1. The third-order valence-electron chi connectivity index (χ3n) is 14.1. The van der Waals surface area contributed by atoms with Crippen LogP contribution >= 0.6 is 0 Å². The van der Waals surface area contributed by atoms with Gasteiger partial charge >= 0.3 is 17.9 Å². The zero-order valence-corrected chi connectivity index (χ0v) is 45.3. The molecule has 0 aliphatic heterocycles. The molecule has 0 spiro atoms. The fourth-order valence-electron chi connectivity index (χ4n) is 9.20. The number of ether oxygens (including phenoxy) is 3. The van der Waals surface area contributed by atoms with Crippen LogP contribution in [-0.2, 0) is 28.6 Å². The SMILES string of the molecule is CCCCCCCCCCCCCCCCCCCC(=O)OC[C@@H](COC(=O)CCCCCCCCCCCCCCCCCCCCC(C)C)OC(=O)CCCCCCCCC(C)CC. The Hall–Kier alpha value is -1.59. The van der Waals surface area contributed by atoms with Gasteiger partial charge in [-0.25, -0.2) is 0 Å². The lowest BCUT2D eigenvalue weighted by Crippen LogP contribution is -2.30. The molecule has 0 fully saturated rings. The monoisotopic (exact) mass is 933 g/mol. The molecule has 0 aromatic heterocycles. The molecule has 0 rings (SSSR count). The lowest BCUT2D eigenvalue weighted by atomic mass is 10.00. The second-order valence-electron chi connectivity index (χ2n) is 21.4. The predicted molar refractivity (Wildman–Crippen MR) is 284 cm³/mol. The number of carbonyl (C=O) groups is 3. The van der Waals surface area contributed by atoms with Gasteiger partial charge in [0.15, 0.2) is 6.10 Å². The van der Waals surface area contributed by atoms with Crippen LogP contribution < -0.4 is 0 Å². The fraction of sp³-hybridized carbons (Fsp3) is 0.950. The van der Waals surface area contributed by atoms with E-state index >= 15 is 0 Å². The van der Waals surface area contributed by atoms with Gasteiger partial charge in [-0.05, 0) is 31.1 Å². The Balaban J connectivity index is 4.19. The van der Waals surface area contributed by atoms with Crippen molar-refractivity contribution in [2.75, 3.05) is 13.2 Å². The van der Waals surface area contributed by atoms with Gasteiger partial charge in [0.2, 0.25) is 0 Å². The normalized spacial score (nSPS) is 12.5. The minimum Gasteiger partial charge on any atom is -0.462 e. The Labute approximate surface area is 412 Å². The van der Waals surface area contributed by atoms with Crippen LogP contribution in [-0.4, -0.2) is 37.2 Å². The van der Waals surface area contributed by atoms with Crippen molar-refractivity contribution in [1.29, 1.82) is 0 Å². The van der Waals surface area contributed by atoms with Crippen LogP contribution in [0.25, 0.3) is 0 Å². The summed E-state index contributed by atoms with van der Waals surface area (Å²) in [4.78, 5) is 38.1. The molecule has 0 radical (unpaired) electrons. The van der Waals surface area contributed by atoms with E-state index in [-0.39, 0.29) is 31.1 Å². The van der Waals surface area contributed by atoms with Crippen molar-refractivity contribution in [3.8, 4) is 0 Å². The van der Waals surface area contributed by atoms with E-state index in [0.717, 1.165) is 69.6 Å². The van der Waals surface area contributed by atoms with Gasteiger partial charge in [0.05, 0.1) is 0 Å². The van der Waals surface area contributed by atoms with Crippen LogP contribution in [0.4, 0.5) is 0 Å². The summed E-state index contributed by atoms with van der Waals surface area (Å²) in [5.41, 5.74) is 0. The zero-order valence-electron chi connectivity index (χ0n) is 45.3. The molecule has 0 saturated carbocycles. The van der Waals surface area contributed by atoms with Crippen LogP contribution in [0.2, 0.25) is 0 Å². The number of hydrogen-bond acceptors (Lipinski definition) is 6. The molecule has 0 bridgehead atoms. The average molecular weight is 934 g/mol. The van der Waals surface area contributed by atoms with E-state index in [4.69, 9.17) is 14.2 Å². The van der Waals surface area contributed by atoms with Crippen LogP contribution in [0.15, 0.2) is 0 Å². The molecule has 0 aromatic carbocycles. The highest BCUT2D eigenvalue weighted by Crippen LogP contribution is 2.19. The van der Waals surface area contributed by atoms with Gasteiger partial charge < -0.3 is 14.2 Å². The molecule has 0 aromatic rings. The highest BCUT2D eigenvalue weighted by molar-refractivity contribution is 5.71. The number of carbonyl (C=O) groups excluding carboxylic acids is 3. The minimum atomic E-state index is -0.763. The number of rotatable bonds is 54. The van der Waals surface area contributed by atoms with E-state index in [9.17, 15) is 14.4 Å². The van der Waals surface area contributed by atoms with Crippen LogP contribution in [0, 0.1) is 11.8 Å². The lowest BCUT2D eigenvalue weighted by molar-refractivity contribution is -0.167. The van der Waals surface area contributed by atoms with Gasteiger partial charge in [0.1, 0.15) is 13.2 Å². The average Bonchev–Trinajstić information content (AvgIpc) is 3.30. The Kier molecular flexibility index (Phi) is 51.5. The quantitative estimate of drug-likeness (QED) is 0.0343. The first-order valence-electron chi connectivity index (χ1n) is 29.8. The first kappa shape index (κ1) is 64.4. The van der Waals surface area contributed by atoms with Crippen LogP contribution in [0.1, 0.15) is 336 Å². The molecule has 0 N–H and O–H groups in total. The summed E-state index contributed by atoms with van der Waals surface area (Å²) >= 11 is 0. The summed E-state index contributed by atoms with van der Waals surface area (Å²) in [6.45, 7) is 11.4. The van der Waals surface area contributed by atoms with Gasteiger partial charge in [-0.1, -0.05) is 298 Å². The van der Waals surface area contributed by atoms with Crippen molar-refractivity contribution in [2.24, 2.45) is 11.8 Å². The maximum absolute atomic E-state index is 12.8. The topological polar surface area (TPSA) is 78.9 Å². The largest absolute Gasteiger partial charge is 0.462 e. The molecular formula is C60H116O6. The van der Waals surface area contributed by atoms with E-state index in [0.29, 0.717) is 19.3 Å². The number of esters is 3. The first-order valence-corrected chi connectivity index (χ1v) is 29.8. The Morgan fingerprint density at radius 1 is 0.318 bits per heavy atom. The predicted octanol–water partition coefficient (Wildman–Crippen LogP) is 19.7. The molecule has 66 heavy (non-hydrogen) atoms. The third kappa shape index (κ3) is 51.8. The number of unbranched alkanes of at least 4 members (excludes halogenated alkanes) is 38. The van der Waals surface area contributed by atoms with Gasteiger partial charge in [-0.15, -0.1) is 0 Å². The number of hydrogen-bond donors (Lipinski definition) is 0. The van der Waals surface area contributed by atoms with Crippen LogP contribution in [0.5, 0.6) is 0 Å². The zero-order chi connectivity index (χ0) is 48.2. The minimum absolute atomic E-state index is 0.0636. The maximum atomic E-state index is 12.8. The van der Waals surface area contributed by atoms with Crippen molar-refractivity contribution in [3.63, 3.8) is 0 Å². The highest BCUT2D eigenvalue weighted by atomic mass is 16.6. The van der Waals surface area contributed by atoms with Crippen molar-refractivity contribution >= 4 is 17.9 Å².